The van der Waals surface area contributed by atoms with Crippen molar-refractivity contribution in [1.29, 1.82) is 0 Å². The van der Waals surface area contributed by atoms with Gasteiger partial charge in [0, 0.05) is 19.1 Å². The van der Waals surface area contributed by atoms with Gasteiger partial charge in [0.05, 0.1) is 31.1 Å². The Morgan fingerprint density at radius 2 is 1.57 bits per heavy atom. The maximum Gasteiger partial charge on any atom is 0.414 e. The third-order valence-corrected chi connectivity index (χ3v) is 5.12. The number of amides is 1. The topological polar surface area (TPSA) is 128 Å². The first-order valence-corrected chi connectivity index (χ1v) is 10.4. The number of hydrogen-bond acceptors (Lipinski definition) is 6. The average Bonchev–Trinajstić information content (AvgIpc) is 3.03. The van der Waals surface area contributed by atoms with Crippen LogP contribution in [0.2, 0.25) is 0 Å². The van der Waals surface area contributed by atoms with Gasteiger partial charge in [0.25, 0.3) is 0 Å². The van der Waals surface area contributed by atoms with Crippen molar-refractivity contribution in [3.8, 4) is 0 Å². The summed E-state index contributed by atoms with van der Waals surface area (Å²) >= 11 is 0. The molecule has 9 heteroatoms. The van der Waals surface area contributed by atoms with Crippen molar-refractivity contribution < 1.29 is 29.3 Å². The summed E-state index contributed by atoms with van der Waals surface area (Å²) in [7, 11) is 0. The molecule has 3 rings (SSSR count). The normalized spacial score (nSPS) is 17.3. The number of morpholine rings is 1. The molecule has 1 saturated heterocycles. The molecule has 1 aromatic carbocycles. The number of carbonyl (C=O) groups is 3. The lowest BCUT2D eigenvalue weighted by Crippen LogP contribution is -2.38. The summed E-state index contributed by atoms with van der Waals surface area (Å²) in [5, 5.41) is 21.3. The van der Waals surface area contributed by atoms with Gasteiger partial charge >= 0.3 is 11.9 Å². The molecule has 166 valence electrons. The van der Waals surface area contributed by atoms with Crippen molar-refractivity contribution in [3.05, 3.63) is 24.3 Å². The molecule has 30 heavy (non-hydrogen) atoms. The van der Waals surface area contributed by atoms with E-state index < -0.39 is 11.9 Å². The minimum Gasteiger partial charge on any atom is -0.473 e. The van der Waals surface area contributed by atoms with Crippen LogP contribution in [0.5, 0.6) is 0 Å². The summed E-state index contributed by atoms with van der Waals surface area (Å²) in [4.78, 5) is 32.8. The fraction of sp³-hybridized carbons (Fsp3) is 0.571. The summed E-state index contributed by atoms with van der Waals surface area (Å²) in [6.07, 6.45) is 7.60. The number of carboxylic acids is 2. The zero-order valence-corrected chi connectivity index (χ0v) is 17.1. The fourth-order valence-electron chi connectivity index (χ4n) is 3.57. The Morgan fingerprint density at radius 1 is 0.967 bits per heavy atom. The van der Waals surface area contributed by atoms with Gasteiger partial charge in [0.1, 0.15) is 0 Å². The van der Waals surface area contributed by atoms with E-state index in [4.69, 9.17) is 24.5 Å². The highest BCUT2D eigenvalue weighted by molar-refractivity contribution is 6.27. The second-order valence-electron chi connectivity index (χ2n) is 7.34. The predicted molar refractivity (Wildman–Crippen MR) is 113 cm³/mol. The van der Waals surface area contributed by atoms with Gasteiger partial charge in [-0.1, -0.05) is 37.8 Å². The second kappa shape index (κ2) is 12.8. The number of carboxylic acid groups (broad SMARTS) is 2. The highest BCUT2D eigenvalue weighted by Gasteiger charge is 2.17. The molecule has 0 radical (unpaired) electrons. The first-order valence-electron chi connectivity index (χ1n) is 10.4. The highest BCUT2D eigenvalue weighted by Crippen LogP contribution is 2.26. The van der Waals surface area contributed by atoms with E-state index in [1.807, 2.05) is 18.2 Å². The summed E-state index contributed by atoms with van der Waals surface area (Å²) in [5.41, 5.74) is 1.98. The molecule has 1 aliphatic carbocycles. The van der Waals surface area contributed by atoms with E-state index in [2.05, 4.69) is 21.6 Å². The zero-order valence-electron chi connectivity index (χ0n) is 17.1. The van der Waals surface area contributed by atoms with Gasteiger partial charge in [-0.3, -0.25) is 4.79 Å². The Balaban J connectivity index is 0.000000469. The van der Waals surface area contributed by atoms with Gasteiger partial charge in [-0.2, -0.15) is 0 Å². The van der Waals surface area contributed by atoms with Crippen molar-refractivity contribution in [2.24, 2.45) is 0 Å². The lowest BCUT2D eigenvalue weighted by Gasteiger charge is -2.30. The molecule has 2 aliphatic rings. The monoisotopic (exact) mass is 421 g/mol. The average molecular weight is 421 g/mol. The molecule has 0 bridgehead atoms. The smallest absolute Gasteiger partial charge is 0.414 e. The van der Waals surface area contributed by atoms with Gasteiger partial charge in [0.2, 0.25) is 5.91 Å². The number of carbonyl (C=O) groups excluding carboxylic acids is 1. The molecule has 1 aromatic rings. The molecule has 1 aliphatic heterocycles. The van der Waals surface area contributed by atoms with E-state index in [1.54, 1.807) is 0 Å². The van der Waals surface area contributed by atoms with Gasteiger partial charge < -0.3 is 30.5 Å². The molecular formula is C21H31N3O6. The van der Waals surface area contributed by atoms with Gasteiger partial charge in [0.15, 0.2) is 0 Å². The molecule has 9 nitrogen and oxygen atoms in total. The number of nitrogens with one attached hydrogen (secondary N) is 2. The largest absolute Gasteiger partial charge is 0.473 e. The van der Waals surface area contributed by atoms with Crippen LogP contribution in [-0.4, -0.2) is 66.9 Å². The number of ether oxygens (including phenoxy) is 1. The van der Waals surface area contributed by atoms with Gasteiger partial charge in [-0.05, 0) is 25.0 Å². The van der Waals surface area contributed by atoms with E-state index in [0.29, 0.717) is 12.6 Å². The molecule has 0 spiro atoms. The zero-order chi connectivity index (χ0) is 21.8. The molecule has 4 N–H and O–H groups in total. The van der Waals surface area contributed by atoms with Gasteiger partial charge in [-0.15, -0.1) is 0 Å². The van der Waals surface area contributed by atoms with Crippen molar-refractivity contribution in [1.82, 2.24) is 5.32 Å². The fourth-order valence-corrected chi connectivity index (χ4v) is 3.57. The first kappa shape index (κ1) is 23.6. The molecule has 0 unspecified atom stereocenters. The Hall–Kier alpha value is -2.65. The summed E-state index contributed by atoms with van der Waals surface area (Å²) < 4.78 is 5.42. The quantitative estimate of drug-likeness (QED) is 0.419. The van der Waals surface area contributed by atoms with Crippen LogP contribution in [-0.2, 0) is 19.1 Å². The van der Waals surface area contributed by atoms with E-state index in [9.17, 15) is 4.79 Å². The summed E-state index contributed by atoms with van der Waals surface area (Å²) in [5.74, 6) is -3.61. The lowest BCUT2D eigenvalue weighted by atomic mass is 10.1. The Labute approximate surface area is 176 Å². The number of anilines is 2. The molecule has 1 amide bonds. The molecular weight excluding hydrogens is 390 g/mol. The van der Waals surface area contributed by atoms with Crippen LogP contribution in [0.4, 0.5) is 11.4 Å². The lowest BCUT2D eigenvalue weighted by molar-refractivity contribution is -0.159. The minimum atomic E-state index is -1.82. The molecule has 1 heterocycles. The van der Waals surface area contributed by atoms with Crippen LogP contribution < -0.4 is 15.5 Å². The Morgan fingerprint density at radius 3 is 2.17 bits per heavy atom. The Bertz CT molecular complexity index is 686. The van der Waals surface area contributed by atoms with E-state index in [1.165, 1.54) is 38.5 Å². The molecule has 2 fully saturated rings. The minimum absolute atomic E-state index is 0.0416. The van der Waals surface area contributed by atoms with E-state index >= 15 is 0 Å². The third kappa shape index (κ3) is 8.38. The van der Waals surface area contributed by atoms with Crippen molar-refractivity contribution in [2.75, 3.05) is 43.1 Å². The first-order chi connectivity index (χ1) is 14.5. The summed E-state index contributed by atoms with van der Waals surface area (Å²) in [6, 6.07) is 8.53. The van der Waals surface area contributed by atoms with Crippen molar-refractivity contribution in [2.45, 2.75) is 44.6 Å². The number of nitrogens with zero attached hydrogens (tertiary/aromatic N) is 1. The molecule has 0 atom stereocenters. The van der Waals surface area contributed by atoms with Gasteiger partial charge in [-0.25, -0.2) is 9.59 Å². The Kier molecular flexibility index (Phi) is 10.1. The number of rotatable bonds is 5. The van der Waals surface area contributed by atoms with Crippen LogP contribution >= 0.6 is 0 Å². The number of hydrogen-bond donors (Lipinski definition) is 4. The van der Waals surface area contributed by atoms with Crippen LogP contribution in [0.25, 0.3) is 0 Å². The maximum atomic E-state index is 12.4. The van der Waals surface area contributed by atoms with E-state index in [0.717, 1.165) is 37.7 Å². The molecule has 1 saturated carbocycles. The van der Waals surface area contributed by atoms with Crippen molar-refractivity contribution >= 4 is 29.2 Å². The maximum absolute atomic E-state index is 12.4. The standard InChI is InChI=1S/C19H29N3O2.C2H2O4/c23-19(15-20-16-7-3-1-2-4-8-16)21-17-9-5-6-10-18(17)22-11-13-24-14-12-22;3-1(4)2(5)6/h5-6,9-10,16,20H,1-4,7-8,11-15H2,(H,21,23);(H,3,4)(H,5,6). The van der Waals surface area contributed by atoms with Crippen LogP contribution in [0.1, 0.15) is 38.5 Å². The SMILES string of the molecule is O=C(CNC1CCCCCC1)Nc1ccccc1N1CCOCC1.O=C(O)C(=O)O. The highest BCUT2D eigenvalue weighted by atomic mass is 16.5. The second-order valence-corrected chi connectivity index (χ2v) is 7.34. The molecule has 0 aromatic heterocycles. The number of benzene rings is 1. The summed E-state index contributed by atoms with van der Waals surface area (Å²) in [6.45, 7) is 3.61. The third-order valence-electron chi connectivity index (χ3n) is 5.12. The van der Waals surface area contributed by atoms with Crippen molar-refractivity contribution in [3.63, 3.8) is 0 Å². The van der Waals surface area contributed by atoms with E-state index in [-0.39, 0.29) is 5.91 Å². The number of aliphatic carboxylic acids is 2. The van der Waals surface area contributed by atoms with Crippen LogP contribution in [0.3, 0.4) is 0 Å². The number of para-hydroxylation sites is 2. The van der Waals surface area contributed by atoms with Crippen LogP contribution in [0.15, 0.2) is 24.3 Å². The van der Waals surface area contributed by atoms with Crippen LogP contribution in [0, 0.1) is 0 Å². The predicted octanol–water partition coefficient (Wildman–Crippen LogP) is 1.93.